The van der Waals surface area contributed by atoms with E-state index in [2.05, 4.69) is 4.99 Å². The van der Waals surface area contributed by atoms with Crippen molar-refractivity contribution in [2.24, 2.45) is 16.5 Å². The molecule has 0 saturated carbocycles. The lowest BCUT2D eigenvalue weighted by Crippen LogP contribution is -2.61. The van der Waals surface area contributed by atoms with Crippen molar-refractivity contribution in [3.63, 3.8) is 0 Å². The number of aryl methyl sites for hydroxylation is 1. The minimum Gasteiger partial charge on any atom is -0.479 e. The van der Waals surface area contributed by atoms with Gasteiger partial charge < -0.3 is 21.3 Å². The molecule has 0 fully saturated rings. The molecule has 0 aliphatic rings. The van der Waals surface area contributed by atoms with E-state index in [1.165, 1.54) is 12.1 Å². The molecular weight excluding hydrogens is 400 g/mol. The zero-order valence-electron chi connectivity index (χ0n) is 16.9. The Kier molecular flexibility index (Phi) is 7.75. The van der Waals surface area contributed by atoms with Crippen LogP contribution in [0, 0.1) is 6.92 Å². The van der Waals surface area contributed by atoms with Gasteiger partial charge in [-0.2, -0.15) is 4.72 Å². The molecule has 0 aliphatic carbocycles. The van der Waals surface area contributed by atoms with Crippen LogP contribution in [0.3, 0.4) is 0 Å². The van der Waals surface area contributed by atoms with E-state index >= 15 is 0 Å². The van der Waals surface area contributed by atoms with E-state index in [4.69, 9.17) is 16.2 Å². The van der Waals surface area contributed by atoms with Crippen molar-refractivity contribution in [2.45, 2.75) is 56.6 Å². The van der Waals surface area contributed by atoms with Gasteiger partial charge in [0, 0.05) is 6.54 Å². The van der Waals surface area contributed by atoms with Crippen molar-refractivity contribution >= 4 is 27.9 Å². The smallest absolute Gasteiger partial charge is 0.339 e. The molecule has 0 aliphatic heterocycles. The molecule has 1 aromatic rings. The summed E-state index contributed by atoms with van der Waals surface area (Å²) in [5, 5.41) is 9.84. The molecule has 0 spiro atoms. The SMILES string of the molecule is Cc1ccc(S(=O)(=O)N[C@@](CCCN=C(N)N)(C(=O)O)C(=O)OC(C)(C)C)cc1. The third kappa shape index (κ3) is 7.02. The minimum absolute atomic E-state index is 0.00637. The molecule has 0 amide bonds. The first kappa shape index (κ1) is 24.4. The van der Waals surface area contributed by atoms with Gasteiger partial charge in [-0.15, -0.1) is 0 Å². The number of benzene rings is 1. The van der Waals surface area contributed by atoms with Crippen molar-refractivity contribution in [3.8, 4) is 0 Å². The molecule has 0 unspecified atom stereocenters. The predicted octanol–water partition coefficient (Wildman–Crippen LogP) is 0.492. The fourth-order valence-corrected chi connectivity index (χ4v) is 3.70. The van der Waals surface area contributed by atoms with Gasteiger partial charge >= 0.3 is 11.9 Å². The number of guanidine groups is 1. The van der Waals surface area contributed by atoms with Crippen LogP contribution in [-0.4, -0.2) is 49.1 Å². The monoisotopic (exact) mass is 428 g/mol. The molecule has 1 aromatic carbocycles. The molecule has 0 bridgehead atoms. The number of esters is 1. The molecule has 6 N–H and O–H groups in total. The maximum absolute atomic E-state index is 12.8. The van der Waals surface area contributed by atoms with Gasteiger partial charge in [-0.3, -0.25) is 4.99 Å². The fourth-order valence-electron chi connectivity index (χ4n) is 2.36. The van der Waals surface area contributed by atoms with Gasteiger partial charge in [0.25, 0.3) is 0 Å². The Morgan fingerprint density at radius 2 is 1.72 bits per heavy atom. The van der Waals surface area contributed by atoms with Crippen LogP contribution >= 0.6 is 0 Å². The number of aliphatic carboxylic acids is 1. The number of nitrogens with two attached hydrogens (primary N) is 2. The standard InChI is InChI=1S/C18H28N4O6S/c1-12-6-8-13(9-7-12)29(26,27)22-18(14(23)24,10-5-11-21-16(19)20)15(25)28-17(2,3)4/h6-9,22H,5,10-11H2,1-4H3,(H,23,24)(H4,19,20,21)/t18-/m0/s1. The molecule has 1 atom stereocenters. The van der Waals surface area contributed by atoms with Crippen molar-refractivity contribution in [1.82, 2.24) is 4.72 Å². The highest BCUT2D eigenvalue weighted by atomic mass is 32.2. The highest BCUT2D eigenvalue weighted by Gasteiger charge is 2.51. The number of carbonyl (C=O) groups is 2. The topological polar surface area (TPSA) is 174 Å². The molecule has 0 heterocycles. The molecule has 1 rings (SSSR count). The van der Waals surface area contributed by atoms with Crippen LogP contribution in [0.25, 0.3) is 0 Å². The van der Waals surface area contributed by atoms with Gasteiger partial charge in [0.2, 0.25) is 15.6 Å². The van der Waals surface area contributed by atoms with E-state index in [0.29, 0.717) is 0 Å². The number of rotatable bonds is 9. The molecule has 29 heavy (non-hydrogen) atoms. The Morgan fingerprint density at radius 3 is 2.17 bits per heavy atom. The number of carbonyl (C=O) groups excluding carboxylic acids is 1. The van der Waals surface area contributed by atoms with Gasteiger partial charge in [0.05, 0.1) is 4.90 Å². The zero-order chi connectivity index (χ0) is 22.5. The Labute approximate surface area is 170 Å². The molecule has 0 aromatic heterocycles. The maximum atomic E-state index is 12.8. The average molecular weight is 429 g/mol. The summed E-state index contributed by atoms with van der Waals surface area (Å²) in [4.78, 5) is 28.5. The van der Waals surface area contributed by atoms with E-state index in [-0.39, 0.29) is 23.8 Å². The third-order valence-corrected chi connectivity index (χ3v) is 5.27. The minimum atomic E-state index is -4.35. The number of hydrogen-bond donors (Lipinski definition) is 4. The summed E-state index contributed by atoms with van der Waals surface area (Å²) in [7, 11) is -4.35. The lowest BCUT2D eigenvalue weighted by Gasteiger charge is -2.31. The van der Waals surface area contributed by atoms with Crippen LogP contribution in [-0.2, 0) is 24.3 Å². The molecule has 0 saturated heterocycles. The summed E-state index contributed by atoms with van der Waals surface area (Å²) in [6, 6.07) is 5.75. The molecule has 162 valence electrons. The summed E-state index contributed by atoms with van der Waals surface area (Å²) in [6.45, 7) is 6.42. The van der Waals surface area contributed by atoms with Crippen LogP contribution in [0.1, 0.15) is 39.2 Å². The summed E-state index contributed by atoms with van der Waals surface area (Å²) >= 11 is 0. The first-order chi connectivity index (χ1) is 13.2. The largest absolute Gasteiger partial charge is 0.479 e. The number of nitrogens with one attached hydrogen (secondary N) is 1. The average Bonchev–Trinajstić information content (AvgIpc) is 2.55. The van der Waals surface area contributed by atoms with Crippen molar-refractivity contribution in [1.29, 1.82) is 0 Å². The van der Waals surface area contributed by atoms with Gasteiger partial charge in [0.1, 0.15) is 5.60 Å². The number of hydrogen-bond acceptors (Lipinski definition) is 6. The fraction of sp³-hybridized carbons (Fsp3) is 0.500. The molecular formula is C18H28N4O6S. The highest BCUT2D eigenvalue weighted by Crippen LogP contribution is 2.24. The van der Waals surface area contributed by atoms with E-state index in [9.17, 15) is 23.1 Å². The second-order valence-electron chi connectivity index (χ2n) is 7.54. The Morgan fingerprint density at radius 1 is 1.17 bits per heavy atom. The van der Waals surface area contributed by atoms with Gasteiger partial charge in [-0.05, 0) is 52.7 Å². The number of carboxylic acids is 1. The Bertz CT molecular complexity index is 871. The van der Waals surface area contributed by atoms with E-state index in [0.717, 1.165) is 5.56 Å². The Balaban J connectivity index is 3.35. The zero-order valence-corrected chi connectivity index (χ0v) is 17.7. The number of carboxylic acid groups (broad SMARTS) is 1. The lowest BCUT2D eigenvalue weighted by molar-refractivity contribution is -0.170. The van der Waals surface area contributed by atoms with Crippen LogP contribution < -0.4 is 16.2 Å². The van der Waals surface area contributed by atoms with Crippen molar-refractivity contribution in [3.05, 3.63) is 29.8 Å². The molecule has 11 heteroatoms. The lowest BCUT2D eigenvalue weighted by atomic mass is 9.94. The second-order valence-corrected chi connectivity index (χ2v) is 9.22. The van der Waals surface area contributed by atoms with E-state index in [1.54, 1.807) is 39.8 Å². The van der Waals surface area contributed by atoms with Gasteiger partial charge in [-0.1, -0.05) is 17.7 Å². The number of aliphatic imine (C=N–C) groups is 1. The normalized spacial score (nSPS) is 13.9. The van der Waals surface area contributed by atoms with Crippen molar-refractivity contribution in [2.75, 3.05) is 6.54 Å². The summed E-state index contributed by atoms with van der Waals surface area (Å²) in [5.41, 5.74) is 7.72. The number of sulfonamides is 1. The Hall–Kier alpha value is -2.66. The maximum Gasteiger partial charge on any atom is 0.339 e. The first-order valence-electron chi connectivity index (χ1n) is 8.82. The van der Waals surface area contributed by atoms with Gasteiger partial charge in [-0.25, -0.2) is 18.0 Å². The van der Waals surface area contributed by atoms with E-state index in [1.807, 2.05) is 4.72 Å². The summed E-state index contributed by atoms with van der Waals surface area (Å²) in [6.07, 6.45) is -0.404. The summed E-state index contributed by atoms with van der Waals surface area (Å²) in [5.74, 6) is -3.12. The van der Waals surface area contributed by atoms with Crippen LogP contribution in [0.2, 0.25) is 0 Å². The highest BCUT2D eigenvalue weighted by molar-refractivity contribution is 7.89. The summed E-state index contributed by atoms with van der Waals surface area (Å²) < 4.78 is 32.9. The van der Waals surface area contributed by atoms with Crippen LogP contribution in [0.4, 0.5) is 0 Å². The number of nitrogens with zero attached hydrogens (tertiary/aromatic N) is 1. The second kappa shape index (κ2) is 9.23. The van der Waals surface area contributed by atoms with Gasteiger partial charge in [0.15, 0.2) is 5.96 Å². The van der Waals surface area contributed by atoms with Crippen LogP contribution in [0.15, 0.2) is 34.2 Å². The number of ether oxygens (including phenoxy) is 1. The third-order valence-electron chi connectivity index (χ3n) is 3.76. The van der Waals surface area contributed by atoms with E-state index < -0.39 is 39.5 Å². The molecule has 0 radical (unpaired) electrons. The van der Waals surface area contributed by atoms with Crippen LogP contribution in [0.5, 0.6) is 0 Å². The molecule has 10 nitrogen and oxygen atoms in total. The van der Waals surface area contributed by atoms with Crippen molar-refractivity contribution < 1.29 is 27.9 Å². The first-order valence-corrected chi connectivity index (χ1v) is 10.3. The quantitative estimate of drug-likeness (QED) is 0.144. The predicted molar refractivity (Wildman–Crippen MR) is 108 cm³/mol.